The van der Waals surface area contributed by atoms with E-state index in [1.807, 2.05) is 5.32 Å². The normalized spacial score (nSPS) is 18.9. The number of nitrogens with one attached hydrogen (secondary N) is 3. The molecule has 1 unspecified atom stereocenters. The average Bonchev–Trinajstić information content (AvgIpc) is 2.38. The minimum absolute atomic E-state index is 0.268. The molecule has 1 heterocycles. The van der Waals surface area contributed by atoms with Crippen LogP contribution in [0.3, 0.4) is 0 Å². The highest BCUT2D eigenvalue weighted by Crippen LogP contribution is 2.17. The fraction of sp³-hybridized carbons (Fsp3) is 0.273. The largest absolute Gasteiger partial charge is 0.497 e. The zero-order valence-electron chi connectivity index (χ0n) is 10.5. The summed E-state index contributed by atoms with van der Waals surface area (Å²) in [4.78, 5) is 22.4. The van der Waals surface area contributed by atoms with Crippen LogP contribution in [0, 0.1) is 0 Å². The summed E-state index contributed by atoms with van der Waals surface area (Å²) in [6.45, 7) is -0.268. The Morgan fingerprint density at radius 2 is 1.90 bits per heavy atom. The van der Waals surface area contributed by atoms with Crippen molar-refractivity contribution < 1.29 is 22.7 Å². The van der Waals surface area contributed by atoms with Gasteiger partial charge in [-0.2, -0.15) is 0 Å². The van der Waals surface area contributed by atoms with Gasteiger partial charge in [0.1, 0.15) is 5.75 Å². The van der Waals surface area contributed by atoms with Crippen LogP contribution in [0.2, 0.25) is 0 Å². The van der Waals surface area contributed by atoms with Gasteiger partial charge in [-0.25, -0.2) is 13.2 Å². The Labute approximate surface area is 115 Å². The SMILES string of the molecule is COc1ccc(NS(=O)(=O)C2CNC(=O)NC2=O)cc1. The van der Waals surface area contributed by atoms with E-state index in [-0.39, 0.29) is 6.54 Å². The number of amides is 3. The Morgan fingerprint density at radius 1 is 1.25 bits per heavy atom. The maximum atomic E-state index is 12.1. The maximum absolute atomic E-state index is 12.1. The molecule has 0 radical (unpaired) electrons. The number of rotatable bonds is 4. The second-order valence-electron chi connectivity index (χ2n) is 4.06. The number of carbonyl (C=O) groups excluding carboxylic acids is 2. The van der Waals surface area contributed by atoms with Gasteiger partial charge in [0.25, 0.3) is 0 Å². The monoisotopic (exact) mass is 299 g/mol. The molecule has 8 nitrogen and oxygen atoms in total. The lowest BCUT2D eigenvalue weighted by atomic mass is 10.3. The van der Waals surface area contributed by atoms with Gasteiger partial charge in [0.15, 0.2) is 5.25 Å². The summed E-state index contributed by atoms with van der Waals surface area (Å²) < 4.78 is 31.4. The molecule has 1 aromatic rings. The standard InChI is InChI=1S/C11H13N3O5S/c1-19-8-4-2-7(3-5-8)14-20(17,18)9-6-12-11(16)13-10(9)15/h2-5,9,14H,6H2,1H3,(H2,12,13,15,16). The summed E-state index contributed by atoms with van der Waals surface area (Å²) in [5.74, 6) is -0.273. The van der Waals surface area contributed by atoms with E-state index in [4.69, 9.17) is 4.74 Å². The van der Waals surface area contributed by atoms with Crippen LogP contribution in [0.1, 0.15) is 0 Å². The Morgan fingerprint density at radius 3 is 2.45 bits per heavy atom. The van der Waals surface area contributed by atoms with Gasteiger partial charge in [-0.05, 0) is 24.3 Å². The van der Waals surface area contributed by atoms with Gasteiger partial charge >= 0.3 is 6.03 Å². The van der Waals surface area contributed by atoms with E-state index in [2.05, 4.69) is 10.0 Å². The number of ether oxygens (including phenoxy) is 1. The molecular formula is C11H13N3O5S. The maximum Gasteiger partial charge on any atom is 0.321 e. The van der Waals surface area contributed by atoms with E-state index in [0.29, 0.717) is 11.4 Å². The lowest BCUT2D eigenvalue weighted by molar-refractivity contribution is -0.120. The van der Waals surface area contributed by atoms with Gasteiger partial charge in [0, 0.05) is 12.2 Å². The van der Waals surface area contributed by atoms with Gasteiger partial charge in [-0.15, -0.1) is 0 Å². The first-order valence-corrected chi connectivity index (χ1v) is 7.21. The molecular weight excluding hydrogens is 286 g/mol. The van der Waals surface area contributed by atoms with Gasteiger partial charge in [-0.1, -0.05) is 0 Å². The molecule has 0 bridgehead atoms. The number of carbonyl (C=O) groups is 2. The van der Waals surface area contributed by atoms with Gasteiger partial charge in [-0.3, -0.25) is 14.8 Å². The van der Waals surface area contributed by atoms with Crippen molar-refractivity contribution in [1.29, 1.82) is 0 Å². The third kappa shape index (κ3) is 2.99. The van der Waals surface area contributed by atoms with E-state index in [1.54, 1.807) is 12.1 Å². The molecule has 3 N–H and O–H groups in total. The fourth-order valence-electron chi connectivity index (χ4n) is 1.66. The summed E-state index contributed by atoms with van der Waals surface area (Å²) >= 11 is 0. The summed E-state index contributed by atoms with van der Waals surface area (Å²) in [6, 6.07) is 5.48. The number of methoxy groups -OCH3 is 1. The molecule has 0 saturated carbocycles. The summed E-state index contributed by atoms with van der Waals surface area (Å²) in [5, 5.41) is 2.80. The van der Waals surface area contributed by atoms with E-state index in [9.17, 15) is 18.0 Å². The topological polar surface area (TPSA) is 114 Å². The van der Waals surface area contributed by atoms with Gasteiger partial charge < -0.3 is 10.1 Å². The van der Waals surface area contributed by atoms with E-state index in [0.717, 1.165) is 0 Å². The van der Waals surface area contributed by atoms with E-state index in [1.165, 1.54) is 19.2 Å². The van der Waals surface area contributed by atoms with E-state index < -0.39 is 27.2 Å². The molecule has 2 rings (SSSR count). The molecule has 1 atom stereocenters. The van der Waals surface area contributed by atoms with Crippen molar-refractivity contribution in [1.82, 2.24) is 10.6 Å². The highest BCUT2D eigenvalue weighted by Gasteiger charge is 2.37. The van der Waals surface area contributed by atoms with Crippen LogP contribution in [-0.2, 0) is 14.8 Å². The van der Waals surface area contributed by atoms with Crippen LogP contribution in [-0.4, -0.2) is 39.3 Å². The molecule has 0 spiro atoms. The second-order valence-corrected chi connectivity index (χ2v) is 5.93. The van der Waals surface area contributed by atoms with Gasteiger partial charge in [0.05, 0.1) is 7.11 Å². The fourth-order valence-corrected chi connectivity index (χ4v) is 2.91. The van der Waals surface area contributed by atoms with Crippen LogP contribution >= 0.6 is 0 Å². The third-order valence-electron chi connectivity index (χ3n) is 2.70. The molecule has 3 amide bonds. The smallest absolute Gasteiger partial charge is 0.321 e. The third-order valence-corrected chi connectivity index (χ3v) is 4.35. The first kappa shape index (κ1) is 14.1. The number of hydrogen-bond acceptors (Lipinski definition) is 5. The van der Waals surface area contributed by atoms with Gasteiger partial charge in [0.2, 0.25) is 15.9 Å². The van der Waals surface area contributed by atoms with Crippen LogP contribution in [0.15, 0.2) is 24.3 Å². The van der Waals surface area contributed by atoms with Crippen LogP contribution in [0.4, 0.5) is 10.5 Å². The highest BCUT2D eigenvalue weighted by atomic mass is 32.2. The van der Waals surface area contributed by atoms with Crippen LogP contribution < -0.4 is 20.1 Å². The molecule has 9 heteroatoms. The second kappa shape index (κ2) is 5.37. The molecule has 1 fully saturated rings. The molecule has 1 aromatic carbocycles. The Bertz CT molecular complexity index is 626. The minimum atomic E-state index is -3.95. The lowest BCUT2D eigenvalue weighted by Gasteiger charge is -2.22. The van der Waals surface area contributed by atoms with Crippen LogP contribution in [0.25, 0.3) is 0 Å². The Hall–Kier alpha value is -2.29. The van der Waals surface area contributed by atoms with Crippen molar-refractivity contribution in [3.8, 4) is 5.75 Å². The van der Waals surface area contributed by atoms with Crippen molar-refractivity contribution in [3.05, 3.63) is 24.3 Å². The quantitative estimate of drug-likeness (QED) is 0.703. The zero-order chi connectivity index (χ0) is 14.8. The summed E-state index contributed by atoms with van der Waals surface area (Å²) in [6.07, 6.45) is 0. The van der Waals surface area contributed by atoms with Crippen molar-refractivity contribution in [2.24, 2.45) is 0 Å². The number of urea groups is 1. The first-order valence-electron chi connectivity index (χ1n) is 5.67. The zero-order valence-corrected chi connectivity index (χ0v) is 11.4. The lowest BCUT2D eigenvalue weighted by Crippen LogP contribution is -2.58. The molecule has 0 aliphatic carbocycles. The molecule has 0 aromatic heterocycles. The van der Waals surface area contributed by atoms with Crippen molar-refractivity contribution >= 4 is 27.6 Å². The summed E-state index contributed by atoms with van der Waals surface area (Å²) in [7, 11) is -2.45. The van der Waals surface area contributed by atoms with Crippen molar-refractivity contribution in [3.63, 3.8) is 0 Å². The molecule has 108 valence electrons. The van der Waals surface area contributed by atoms with Crippen molar-refractivity contribution in [2.45, 2.75) is 5.25 Å². The molecule has 1 aliphatic heterocycles. The number of anilines is 1. The molecule has 20 heavy (non-hydrogen) atoms. The molecule has 1 saturated heterocycles. The Kier molecular flexibility index (Phi) is 3.79. The summed E-state index contributed by atoms with van der Waals surface area (Å²) in [5.41, 5.74) is 0.301. The molecule has 1 aliphatic rings. The first-order chi connectivity index (χ1) is 9.42. The minimum Gasteiger partial charge on any atom is -0.497 e. The number of benzene rings is 1. The predicted octanol–water partition coefficient (Wildman–Crippen LogP) is -0.355. The van der Waals surface area contributed by atoms with E-state index >= 15 is 0 Å². The van der Waals surface area contributed by atoms with Crippen LogP contribution in [0.5, 0.6) is 5.75 Å². The number of imide groups is 1. The number of sulfonamides is 1. The Balaban J connectivity index is 2.14. The van der Waals surface area contributed by atoms with Crippen molar-refractivity contribution in [2.75, 3.05) is 18.4 Å². The highest BCUT2D eigenvalue weighted by molar-refractivity contribution is 7.94. The average molecular weight is 299 g/mol. The predicted molar refractivity (Wildman–Crippen MR) is 70.9 cm³/mol. The number of hydrogen-bond donors (Lipinski definition) is 3.